The molecule has 0 radical (unpaired) electrons. The van der Waals surface area contributed by atoms with Crippen molar-refractivity contribution in [3.05, 3.63) is 108 Å². The number of halogens is 2. The predicted molar refractivity (Wildman–Crippen MR) is 167 cm³/mol. The minimum absolute atomic E-state index is 0.236. The Morgan fingerprint density at radius 3 is 1.21 bits per heavy atom. The molecule has 6 nitrogen and oxygen atoms in total. The lowest BCUT2D eigenvalue weighted by Gasteiger charge is -2.11. The zero-order valence-electron chi connectivity index (χ0n) is 23.9. The third-order valence-corrected chi connectivity index (χ3v) is 7.00. The Kier molecular flexibility index (Phi) is 8.06. The average Bonchev–Trinajstić information content (AvgIpc) is 2.97. The van der Waals surface area contributed by atoms with Crippen molar-refractivity contribution in [3.63, 3.8) is 0 Å². The standard InChI is InChI=1S/2C17H16FN3/c2*1-10(2)15-9-16(21-17(19)20-15)13-7-8-14(18)12-6-4-3-5-11(12)13/h2*3-10H,1-2H3,(H2,19,20,21). The maximum atomic E-state index is 13.9. The van der Waals surface area contributed by atoms with Gasteiger partial charge in [-0.2, -0.15) is 0 Å². The molecule has 0 aliphatic heterocycles. The third kappa shape index (κ3) is 5.88. The molecule has 2 heterocycles. The fourth-order valence-electron chi connectivity index (χ4n) is 4.81. The molecule has 0 saturated heterocycles. The second-order valence-electron chi connectivity index (χ2n) is 10.7. The van der Waals surface area contributed by atoms with Crippen molar-refractivity contribution in [2.75, 3.05) is 11.5 Å². The highest BCUT2D eigenvalue weighted by atomic mass is 19.1. The number of benzene rings is 4. The summed E-state index contributed by atoms with van der Waals surface area (Å²) in [5, 5.41) is 2.81. The van der Waals surface area contributed by atoms with Crippen LogP contribution in [0.4, 0.5) is 20.7 Å². The fourth-order valence-corrected chi connectivity index (χ4v) is 4.81. The van der Waals surface area contributed by atoms with Gasteiger partial charge in [-0.25, -0.2) is 28.7 Å². The molecule has 0 aliphatic rings. The number of aromatic nitrogens is 4. The number of nitrogens with two attached hydrogens (primary N) is 2. The van der Waals surface area contributed by atoms with Crippen LogP contribution in [0.1, 0.15) is 50.9 Å². The van der Waals surface area contributed by atoms with Gasteiger partial charge >= 0.3 is 0 Å². The van der Waals surface area contributed by atoms with Crippen molar-refractivity contribution in [3.8, 4) is 22.5 Å². The highest BCUT2D eigenvalue weighted by Gasteiger charge is 2.13. The summed E-state index contributed by atoms with van der Waals surface area (Å²) in [6.45, 7) is 8.20. The van der Waals surface area contributed by atoms with Crippen LogP contribution in [0, 0.1) is 11.6 Å². The highest BCUT2D eigenvalue weighted by molar-refractivity contribution is 5.97. The van der Waals surface area contributed by atoms with Gasteiger partial charge in [0.2, 0.25) is 11.9 Å². The molecule has 212 valence electrons. The Hall–Kier alpha value is -4.98. The van der Waals surface area contributed by atoms with Gasteiger partial charge in [0.15, 0.2) is 0 Å². The van der Waals surface area contributed by atoms with Gasteiger partial charge in [-0.05, 0) is 59.0 Å². The van der Waals surface area contributed by atoms with Gasteiger partial charge < -0.3 is 11.5 Å². The van der Waals surface area contributed by atoms with Gasteiger partial charge in [-0.3, -0.25) is 0 Å². The Labute approximate surface area is 243 Å². The van der Waals surface area contributed by atoms with Crippen LogP contribution in [0.25, 0.3) is 44.1 Å². The first-order valence-corrected chi connectivity index (χ1v) is 13.8. The van der Waals surface area contributed by atoms with Crippen molar-refractivity contribution >= 4 is 33.4 Å². The zero-order chi connectivity index (χ0) is 30.0. The van der Waals surface area contributed by atoms with E-state index >= 15 is 0 Å². The quantitative estimate of drug-likeness (QED) is 0.224. The number of rotatable bonds is 4. The molecule has 4 aromatic carbocycles. The van der Waals surface area contributed by atoms with Gasteiger partial charge in [0.25, 0.3) is 0 Å². The smallest absolute Gasteiger partial charge is 0.220 e. The van der Waals surface area contributed by atoms with E-state index in [4.69, 9.17) is 11.5 Å². The molecule has 8 heteroatoms. The summed E-state index contributed by atoms with van der Waals surface area (Å²) in [5.74, 6) is 0.511. The number of fused-ring (bicyclic) bond motifs is 2. The molecule has 0 aliphatic carbocycles. The van der Waals surface area contributed by atoms with Gasteiger partial charge in [-0.1, -0.05) is 76.2 Å². The Bertz CT molecular complexity index is 1760. The summed E-state index contributed by atoms with van der Waals surface area (Å²) in [7, 11) is 0. The predicted octanol–water partition coefficient (Wildman–Crippen LogP) is 8.28. The molecule has 0 atom stereocenters. The molecule has 0 spiro atoms. The second-order valence-corrected chi connectivity index (χ2v) is 10.7. The Balaban J connectivity index is 0.000000168. The Morgan fingerprint density at radius 1 is 0.500 bits per heavy atom. The first kappa shape index (κ1) is 28.5. The number of anilines is 2. The van der Waals surface area contributed by atoms with E-state index in [-0.39, 0.29) is 35.4 Å². The lowest BCUT2D eigenvalue weighted by Crippen LogP contribution is -2.02. The molecule has 6 rings (SSSR count). The molecular formula is C34H32F2N6. The van der Waals surface area contributed by atoms with Gasteiger partial charge in [0.1, 0.15) is 11.6 Å². The van der Waals surface area contributed by atoms with Crippen molar-refractivity contribution in [1.82, 2.24) is 19.9 Å². The number of nitrogens with zero attached hydrogens (tertiary/aromatic N) is 4. The second kappa shape index (κ2) is 11.9. The summed E-state index contributed by atoms with van der Waals surface area (Å²) in [6, 6.07) is 25.0. The van der Waals surface area contributed by atoms with E-state index in [1.54, 1.807) is 24.3 Å². The van der Waals surface area contributed by atoms with Crippen molar-refractivity contribution in [2.45, 2.75) is 39.5 Å². The maximum Gasteiger partial charge on any atom is 0.220 e. The molecule has 0 unspecified atom stereocenters. The lowest BCUT2D eigenvalue weighted by molar-refractivity contribution is 0.639. The molecule has 0 saturated carbocycles. The van der Waals surface area contributed by atoms with Crippen molar-refractivity contribution in [2.24, 2.45) is 0 Å². The van der Waals surface area contributed by atoms with Crippen molar-refractivity contribution in [1.29, 1.82) is 0 Å². The normalized spacial score (nSPS) is 11.2. The molecular weight excluding hydrogens is 530 g/mol. The highest BCUT2D eigenvalue weighted by Crippen LogP contribution is 2.32. The summed E-state index contributed by atoms with van der Waals surface area (Å²) >= 11 is 0. The largest absolute Gasteiger partial charge is 0.368 e. The van der Waals surface area contributed by atoms with E-state index in [9.17, 15) is 8.78 Å². The van der Waals surface area contributed by atoms with Crippen LogP contribution >= 0.6 is 0 Å². The summed E-state index contributed by atoms with van der Waals surface area (Å²) in [6.07, 6.45) is 0. The van der Waals surface area contributed by atoms with Crippen LogP contribution in [0.2, 0.25) is 0 Å². The molecule has 42 heavy (non-hydrogen) atoms. The summed E-state index contributed by atoms with van der Waals surface area (Å²) in [5.41, 5.74) is 16.6. The maximum absolute atomic E-state index is 13.9. The molecule has 4 N–H and O–H groups in total. The molecule has 0 amide bonds. The van der Waals surface area contributed by atoms with Crippen LogP contribution in [-0.2, 0) is 0 Å². The lowest BCUT2D eigenvalue weighted by atomic mass is 10.00. The van der Waals surface area contributed by atoms with Gasteiger partial charge in [0.05, 0.1) is 11.4 Å². The van der Waals surface area contributed by atoms with Crippen LogP contribution in [0.15, 0.2) is 84.9 Å². The summed E-state index contributed by atoms with van der Waals surface area (Å²) < 4.78 is 27.8. The SMILES string of the molecule is CC(C)c1cc(-c2ccc(F)c3ccccc23)nc(N)n1.CC(C)c1cc(-c2ccc(F)c3ccccc23)nc(N)n1. The number of hydrogen-bond donors (Lipinski definition) is 2. The van der Waals surface area contributed by atoms with E-state index in [1.165, 1.54) is 12.1 Å². The van der Waals surface area contributed by atoms with E-state index in [0.717, 1.165) is 44.7 Å². The number of hydrogen-bond acceptors (Lipinski definition) is 6. The monoisotopic (exact) mass is 562 g/mol. The van der Waals surface area contributed by atoms with E-state index in [1.807, 2.05) is 76.2 Å². The first-order chi connectivity index (χ1) is 20.1. The van der Waals surface area contributed by atoms with Crippen LogP contribution < -0.4 is 11.5 Å². The molecule has 0 fully saturated rings. The first-order valence-electron chi connectivity index (χ1n) is 13.8. The molecule has 6 aromatic rings. The van der Waals surface area contributed by atoms with Gasteiger partial charge in [-0.15, -0.1) is 0 Å². The minimum atomic E-state index is -0.236. The zero-order valence-corrected chi connectivity index (χ0v) is 23.9. The van der Waals surface area contributed by atoms with Crippen molar-refractivity contribution < 1.29 is 8.78 Å². The molecule has 0 bridgehead atoms. The van der Waals surface area contributed by atoms with Gasteiger partial charge in [0, 0.05) is 33.3 Å². The van der Waals surface area contributed by atoms with Crippen LogP contribution in [0.3, 0.4) is 0 Å². The van der Waals surface area contributed by atoms with E-state index in [0.29, 0.717) is 10.8 Å². The average molecular weight is 563 g/mol. The fraction of sp³-hybridized carbons (Fsp3) is 0.176. The minimum Gasteiger partial charge on any atom is -0.368 e. The Morgan fingerprint density at radius 2 is 0.857 bits per heavy atom. The van der Waals surface area contributed by atoms with Crippen LogP contribution in [0.5, 0.6) is 0 Å². The topological polar surface area (TPSA) is 104 Å². The third-order valence-electron chi connectivity index (χ3n) is 7.00. The van der Waals surface area contributed by atoms with Crippen LogP contribution in [-0.4, -0.2) is 19.9 Å². The number of nitrogen functional groups attached to an aromatic ring is 2. The van der Waals surface area contributed by atoms with E-state index in [2.05, 4.69) is 19.9 Å². The van der Waals surface area contributed by atoms with E-state index < -0.39 is 0 Å². The molecule has 2 aromatic heterocycles. The summed E-state index contributed by atoms with van der Waals surface area (Å²) in [4.78, 5) is 17.1.